The molecule has 6 heteroatoms. The lowest BCUT2D eigenvalue weighted by Crippen LogP contribution is -2.40. The zero-order chi connectivity index (χ0) is 15.7. The van der Waals surface area contributed by atoms with Gasteiger partial charge in [0.15, 0.2) is 9.84 Å². The van der Waals surface area contributed by atoms with Gasteiger partial charge in [0.1, 0.15) is 0 Å². The molecular formula is C16H14ClNO3S. The number of carbonyl (C=O) groups excluding carboxylic acids is 1. The number of sulfone groups is 1. The minimum absolute atomic E-state index is 0.0573. The van der Waals surface area contributed by atoms with Crippen LogP contribution in [-0.2, 0) is 21.1 Å². The van der Waals surface area contributed by atoms with Crippen LogP contribution in [0.1, 0.15) is 5.56 Å². The smallest absolute Gasteiger partial charge is 0.231 e. The van der Waals surface area contributed by atoms with E-state index in [1.807, 2.05) is 6.07 Å². The summed E-state index contributed by atoms with van der Waals surface area (Å²) < 4.78 is 24.2. The van der Waals surface area contributed by atoms with Crippen LogP contribution in [-0.4, -0.2) is 26.6 Å². The molecule has 1 aliphatic rings. The quantitative estimate of drug-likeness (QED) is 0.848. The lowest BCUT2D eigenvalue weighted by molar-refractivity contribution is -0.118. The highest BCUT2D eigenvalue weighted by molar-refractivity contribution is 7.91. The maximum absolute atomic E-state index is 12.6. The van der Waals surface area contributed by atoms with Crippen molar-refractivity contribution < 1.29 is 13.2 Å². The molecule has 0 bridgehead atoms. The third-order valence-corrected chi connectivity index (χ3v) is 5.78. The van der Waals surface area contributed by atoms with Crippen molar-refractivity contribution in [3.05, 3.63) is 59.1 Å². The van der Waals surface area contributed by atoms with Gasteiger partial charge in [0.2, 0.25) is 5.91 Å². The van der Waals surface area contributed by atoms with E-state index in [0.717, 1.165) is 5.56 Å². The molecule has 2 aromatic rings. The highest BCUT2D eigenvalue weighted by Gasteiger charge is 2.31. The molecule has 0 N–H and O–H groups in total. The Bertz CT molecular complexity index is 833. The van der Waals surface area contributed by atoms with Gasteiger partial charge in [-0.25, -0.2) is 8.42 Å². The van der Waals surface area contributed by atoms with E-state index in [9.17, 15) is 13.2 Å². The van der Waals surface area contributed by atoms with E-state index in [1.165, 1.54) is 4.90 Å². The molecule has 3 rings (SSSR count). The molecule has 4 nitrogen and oxygen atoms in total. The number of para-hydroxylation sites is 1. The number of anilines is 1. The van der Waals surface area contributed by atoms with Crippen molar-refractivity contribution >= 4 is 33.0 Å². The van der Waals surface area contributed by atoms with Crippen molar-refractivity contribution in [2.24, 2.45) is 0 Å². The van der Waals surface area contributed by atoms with Crippen LogP contribution in [0.15, 0.2) is 53.4 Å². The average molecular weight is 336 g/mol. The minimum Gasteiger partial charge on any atom is -0.310 e. The third-order valence-electron chi connectivity index (χ3n) is 3.68. The summed E-state index contributed by atoms with van der Waals surface area (Å²) in [7, 11) is -3.31. The van der Waals surface area contributed by atoms with Crippen molar-refractivity contribution in [3.8, 4) is 0 Å². The molecule has 0 radical (unpaired) electrons. The van der Waals surface area contributed by atoms with Gasteiger partial charge in [0, 0.05) is 11.6 Å². The van der Waals surface area contributed by atoms with Gasteiger partial charge in [-0.3, -0.25) is 4.79 Å². The summed E-state index contributed by atoms with van der Waals surface area (Å²) in [6, 6.07) is 13.8. The molecule has 2 aromatic carbocycles. The molecule has 0 saturated carbocycles. The molecule has 0 aromatic heterocycles. The van der Waals surface area contributed by atoms with Gasteiger partial charge in [-0.1, -0.05) is 41.9 Å². The van der Waals surface area contributed by atoms with E-state index in [0.29, 0.717) is 10.7 Å². The summed E-state index contributed by atoms with van der Waals surface area (Å²) >= 11 is 6.09. The van der Waals surface area contributed by atoms with Crippen molar-refractivity contribution in [2.45, 2.75) is 11.3 Å². The summed E-state index contributed by atoms with van der Waals surface area (Å²) in [4.78, 5) is 14.3. The van der Waals surface area contributed by atoms with Crippen LogP contribution < -0.4 is 4.90 Å². The van der Waals surface area contributed by atoms with Gasteiger partial charge >= 0.3 is 0 Å². The highest BCUT2D eigenvalue weighted by atomic mass is 35.5. The normalized spacial score (nSPS) is 16.1. The fraction of sp³-hybridized carbons (Fsp3) is 0.188. The van der Waals surface area contributed by atoms with Crippen LogP contribution in [0, 0.1) is 0 Å². The van der Waals surface area contributed by atoms with Crippen molar-refractivity contribution in [3.63, 3.8) is 0 Å². The summed E-state index contributed by atoms with van der Waals surface area (Å²) in [6.45, 7) is 0.169. The van der Waals surface area contributed by atoms with Gasteiger partial charge < -0.3 is 4.90 Å². The second-order valence-corrected chi connectivity index (χ2v) is 7.58. The first-order chi connectivity index (χ1) is 10.5. The fourth-order valence-electron chi connectivity index (χ4n) is 2.54. The third kappa shape index (κ3) is 2.74. The molecule has 1 heterocycles. The summed E-state index contributed by atoms with van der Waals surface area (Å²) in [5.74, 6) is -0.214. The molecule has 0 atom stereocenters. The van der Waals surface area contributed by atoms with Gasteiger partial charge in [-0.15, -0.1) is 0 Å². The SMILES string of the molecule is O=C(Cc1ccccc1Cl)N1CCS(=O)(=O)c2ccccc21. The van der Waals surface area contributed by atoms with E-state index in [1.54, 1.807) is 42.5 Å². The topological polar surface area (TPSA) is 54.5 Å². The number of carbonyl (C=O) groups is 1. The standard InChI is InChI=1S/C16H14ClNO3S/c17-13-6-2-1-5-12(13)11-16(19)18-9-10-22(20,21)15-8-4-3-7-14(15)18/h1-8H,9-11H2. The van der Waals surface area contributed by atoms with Crippen molar-refractivity contribution in [1.82, 2.24) is 0 Å². The second-order valence-electron chi connectivity index (χ2n) is 5.10. The Morgan fingerprint density at radius 3 is 2.55 bits per heavy atom. The van der Waals surface area contributed by atoms with Gasteiger partial charge in [0.05, 0.1) is 22.8 Å². The van der Waals surface area contributed by atoms with E-state index >= 15 is 0 Å². The number of hydrogen-bond acceptors (Lipinski definition) is 3. The zero-order valence-electron chi connectivity index (χ0n) is 11.7. The molecule has 1 amide bonds. The zero-order valence-corrected chi connectivity index (χ0v) is 13.3. The van der Waals surface area contributed by atoms with Crippen LogP contribution in [0.2, 0.25) is 5.02 Å². The summed E-state index contributed by atoms with van der Waals surface area (Å²) in [6.07, 6.45) is 0.147. The molecule has 0 saturated heterocycles. The Labute approximate surface area is 134 Å². The predicted octanol–water partition coefficient (Wildman–Crippen LogP) is 2.70. The van der Waals surface area contributed by atoms with E-state index in [4.69, 9.17) is 11.6 Å². The summed E-state index contributed by atoms with van der Waals surface area (Å²) in [5.41, 5.74) is 1.19. The van der Waals surface area contributed by atoms with Crippen LogP contribution >= 0.6 is 11.6 Å². The number of halogens is 1. The first kappa shape index (κ1) is 15.1. The Balaban J connectivity index is 1.93. The molecule has 1 aliphatic heterocycles. The van der Waals surface area contributed by atoms with Crippen molar-refractivity contribution in [1.29, 1.82) is 0 Å². The van der Waals surface area contributed by atoms with E-state index in [-0.39, 0.29) is 29.5 Å². The molecule has 0 unspecified atom stereocenters. The molecule has 114 valence electrons. The first-order valence-corrected chi connectivity index (χ1v) is 8.87. The van der Waals surface area contributed by atoms with E-state index in [2.05, 4.69) is 0 Å². The Kier molecular flexibility index (Phi) is 3.93. The van der Waals surface area contributed by atoms with Crippen LogP contribution in [0.4, 0.5) is 5.69 Å². The lowest BCUT2D eigenvalue weighted by atomic mass is 10.1. The number of amides is 1. The molecule has 0 spiro atoms. The average Bonchev–Trinajstić information content (AvgIpc) is 2.50. The fourth-order valence-corrected chi connectivity index (χ4v) is 4.17. The predicted molar refractivity (Wildman–Crippen MR) is 86.0 cm³/mol. The number of rotatable bonds is 2. The molecule has 0 aliphatic carbocycles. The van der Waals surface area contributed by atoms with Gasteiger partial charge in [0.25, 0.3) is 0 Å². The highest BCUT2D eigenvalue weighted by Crippen LogP contribution is 2.31. The maximum Gasteiger partial charge on any atom is 0.231 e. The summed E-state index contributed by atoms with van der Waals surface area (Å²) in [5, 5.41) is 0.536. The van der Waals surface area contributed by atoms with E-state index < -0.39 is 9.84 Å². The van der Waals surface area contributed by atoms with Crippen molar-refractivity contribution in [2.75, 3.05) is 17.2 Å². The number of nitrogens with zero attached hydrogens (tertiary/aromatic N) is 1. The Morgan fingerprint density at radius 2 is 1.77 bits per heavy atom. The molecule has 22 heavy (non-hydrogen) atoms. The first-order valence-electron chi connectivity index (χ1n) is 6.84. The molecular weight excluding hydrogens is 322 g/mol. The Morgan fingerprint density at radius 1 is 1.09 bits per heavy atom. The lowest BCUT2D eigenvalue weighted by Gasteiger charge is -2.29. The van der Waals surface area contributed by atoms with Gasteiger partial charge in [-0.2, -0.15) is 0 Å². The number of benzene rings is 2. The second kappa shape index (κ2) is 5.74. The minimum atomic E-state index is -3.31. The largest absolute Gasteiger partial charge is 0.310 e. The molecule has 0 fully saturated rings. The van der Waals surface area contributed by atoms with Crippen LogP contribution in [0.25, 0.3) is 0 Å². The van der Waals surface area contributed by atoms with Gasteiger partial charge in [-0.05, 0) is 23.8 Å². The maximum atomic E-state index is 12.6. The van der Waals surface area contributed by atoms with Crippen LogP contribution in [0.5, 0.6) is 0 Å². The monoisotopic (exact) mass is 335 g/mol. The number of hydrogen-bond donors (Lipinski definition) is 0. The number of fused-ring (bicyclic) bond motifs is 1. The van der Waals surface area contributed by atoms with Crippen LogP contribution in [0.3, 0.4) is 0 Å². The Hall–Kier alpha value is -1.85.